The maximum atomic E-state index is 12.7. The Bertz CT molecular complexity index is 1030. The molecule has 0 saturated carbocycles. The lowest BCUT2D eigenvalue weighted by Gasteiger charge is -2.34. The van der Waals surface area contributed by atoms with Gasteiger partial charge in [-0.3, -0.25) is 14.5 Å². The molecule has 2 amide bonds. The first-order valence-electron chi connectivity index (χ1n) is 9.73. The van der Waals surface area contributed by atoms with Crippen molar-refractivity contribution < 1.29 is 9.59 Å². The number of nitrogens with zero attached hydrogens (tertiary/aromatic N) is 5. The molecule has 1 aromatic heterocycles. The van der Waals surface area contributed by atoms with E-state index < -0.39 is 0 Å². The SMILES string of the molecule is N#CC1CN(C/C=C/C(=O)N2CCn3c(C(=O)Nc4ccccc4Cl)cnc3C2)C1. The van der Waals surface area contributed by atoms with Crippen molar-refractivity contribution in [1.82, 2.24) is 19.4 Å². The summed E-state index contributed by atoms with van der Waals surface area (Å²) in [5, 5.41) is 12.1. The van der Waals surface area contributed by atoms with Gasteiger partial charge in [0.2, 0.25) is 5.91 Å². The molecule has 0 aliphatic carbocycles. The molecule has 0 unspecified atom stereocenters. The minimum atomic E-state index is -0.285. The topological polar surface area (TPSA) is 94.3 Å². The van der Waals surface area contributed by atoms with E-state index in [9.17, 15) is 9.59 Å². The van der Waals surface area contributed by atoms with Gasteiger partial charge in [-0.25, -0.2) is 4.98 Å². The third kappa shape index (κ3) is 4.22. The Morgan fingerprint density at radius 2 is 2.10 bits per heavy atom. The molecule has 1 fully saturated rings. The van der Waals surface area contributed by atoms with Gasteiger partial charge in [0, 0.05) is 38.8 Å². The first-order valence-corrected chi connectivity index (χ1v) is 10.1. The van der Waals surface area contributed by atoms with E-state index in [2.05, 4.69) is 21.3 Å². The number of benzene rings is 1. The van der Waals surface area contributed by atoms with E-state index in [0.29, 0.717) is 48.4 Å². The first-order chi connectivity index (χ1) is 14.5. The molecule has 9 heteroatoms. The van der Waals surface area contributed by atoms with Crippen molar-refractivity contribution in [2.75, 3.05) is 31.5 Å². The van der Waals surface area contributed by atoms with Crippen LogP contribution in [0.1, 0.15) is 16.3 Å². The fourth-order valence-electron chi connectivity index (χ4n) is 3.59. The van der Waals surface area contributed by atoms with Gasteiger partial charge in [-0.15, -0.1) is 0 Å². The molecule has 1 saturated heterocycles. The van der Waals surface area contributed by atoms with Gasteiger partial charge in [-0.2, -0.15) is 5.26 Å². The van der Waals surface area contributed by atoms with E-state index in [4.69, 9.17) is 16.9 Å². The van der Waals surface area contributed by atoms with E-state index in [1.54, 1.807) is 35.2 Å². The second-order valence-electron chi connectivity index (χ2n) is 7.35. The standard InChI is InChI=1S/C21H21ClN6O2/c22-16-4-1-2-5-17(16)25-21(30)18-11-24-19-14-27(8-9-28(18)19)20(29)6-3-7-26-12-15(10-23)13-26/h1-6,11,15H,7-9,12-14H2,(H,25,30)/b6-3+. The van der Waals surface area contributed by atoms with Crippen LogP contribution < -0.4 is 5.32 Å². The molecule has 0 atom stereocenters. The van der Waals surface area contributed by atoms with E-state index in [1.165, 1.54) is 6.20 Å². The van der Waals surface area contributed by atoms with Crippen molar-refractivity contribution in [3.05, 3.63) is 59.2 Å². The second-order valence-corrected chi connectivity index (χ2v) is 7.76. The molecule has 154 valence electrons. The number of amides is 2. The van der Waals surface area contributed by atoms with Gasteiger partial charge < -0.3 is 14.8 Å². The highest BCUT2D eigenvalue weighted by atomic mass is 35.5. The number of carbonyl (C=O) groups is 2. The molecule has 3 heterocycles. The summed E-state index contributed by atoms with van der Waals surface area (Å²) in [4.78, 5) is 33.3. The molecular formula is C21H21ClN6O2. The van der Waals surface area contributed by atoms with Crippen LogP contribution in [-0.4, -0.2) is 57.3 Å². The highest BCUT2D eigenvalue weighted by Crippen LogP contribution is 2.22. The molecule has 4 rings (SSSR count). The lowest BCUT2D eigenvalue weighted by atomic mass is 10.0. The summed E-state index contributed by atoms with van der Waals surface area (Å²) in [6, 6.07) is 9.28. The fraction of sp³-hybridized carbons (Fsp3) is 0.333. The summed E-state index contributed by atoms with van der Waals surface area (Å²) >= 11 is 6.11. The number of likely N-dealkylation sites (tertiary alicyclic amines) is 1. The zero-order valence-electron chi connectivity index (χ0n) is 16.3. The molecule has 0 bridgehead atoms. The van der Waals surface area contributed by atoms with Crippen LogP contribution in [0.4, 0.5) is 5.69 Å². The molecule has 2 aliphatic heterocycles. The number of nitriles is 1. The van der Waals surface area contributed by atoms with Crippen LogP contribution in [0.15, 0.2) is 42.6 Å². The zero-order chi connectivity index (χ0) is 21.1. The fourth-order valence-corrected chi connectivity index (χ4v) is 3.77. The monoisotopic (exact) mass is 424 g/mol. The largest absolute Gasteiger partial charge is 0.330 e. The normalized spacial score (nSPS) is 16.7. The predicted molar refractivity (Wildman–Crippen MR) is 112 cm³/mol. The lowest BCUT2D eigenvalue weighted by Crippen LogP contribution is -2.45. The Kier molecular flexibility index (Phi) is 5.84. The lowest BCUT2D eigenvalue weighted by molar-refractivity contribution is -0.127. The molecule has 0 spiro atoms. The van der Waals surface area contributed by atoms with Gasteiger partial charge in [0.1, 0.15) is 11.5 Å². The third-order valence-electron chi connectivity index (χ3n) is 5.29. The quantitative estimate of drug-likeness (QED) is 0.742. The number of aromatic nitrogens is 2. The maximum Gasteiger partial charge on any atom is 0.273 e. The van der Waals surface area contributed by atoms with E-state index >= 15 is 0 Å². The van der Waals surface area contributed by atoms with Crippen LogP contribution in [-0.2, 0) is 17.9 Å². The Morgan fingerprint density at radius 3 is 2.87 bits per heavy atom. The number of hydrogen-bond acceptors (Lipinski definition) is 5. The van der Waals surface area contributed by atoms with Crippen LogP contribution in [0.5, 0.6) is 0 Å². The Morgan fingerprint density at radius 1 is 1.30 bits per heavy atom. The average molecular weight is 425 g/mol. The second kappa shape index (κ2) is 8.69. The molecule has 2 aromatic rings. The van der Waals surface area contributed by atoms with Crippen molar-refractivity contribution >= 4 is 29.1 Å². The Labute approximate surface area is 179 Å². The van der Waals surface area contributed by atoms with Crippen LogP contribution in [0, 0.1) is 17.2 Å². The van der Waals surface area contributed by atoms with Crippen molar-refractivity contribution in [1.29, 1.82) is 5.26 Å². The summed E-state index contributed by atoms with van der Waals surface area (Å²) in [5.41, 5.74) is 0.984. The van der Waals surface area contributed by atoms with Crippen molar-refractivity contribution in [2.24, 2.45) is 5.92 Å². The molecular weight excluding hydrogens is 404 g/mol. The molecule has 30 heavy (non-hydrogen) atoms. The minimum absolute atomic E-state index is 0.0799. The molecule has 0 radical (unpaired) electrons. The highest BCUT2D eigenvalue weighted by Gasteiger charge is 2.26. The van der Waals surface area contributed by atoms with Crippen molar-refractivity contribution in [3.63, 3.8) is 0 Å². The Balaban J connectivity index is 1.34. The molecule has 1 aromatic carbocycles. The predicted octanol–water partition coefficient (Wildman–Crippen LogP) is 2.14. The number of halogens is 1. The molecule has 2 aliphatic rings. The molecule has 8 nitrogen and oxygen atoms in total. The van der Waals surface area contributed by atoms with E-state index in [-0.39, 0.29) is 17.7 Å². The third-order valence-corrected chi connectivity index (χ3v) is 5.62. The van der Waals surface area contributed by atoms with Crippen LogP contribution in [0.3, 0.4) is 0 Å². The zero-order valence-corrected chi connectivity index (χ0v) is 17.0. The van der Waals surface area contributed by atoms with E-state index in [0.717, 1.165) is 13.1 Å². The number of anilines is 1. The summed E-state index contributed by atoms with van der Waals surface area (Å²) < 4.78 is 1.84. The number of carbonyl (C=O) groups excluding carboxylic acids is 2. The number of imidazole rings is 1. The summed E-state index contributed by atoms with van der Waals surface area (Å²) in [7, 11) is 0. The van der Waals surface area contributed by atoms with Gasteiger partial charge in [0.15, 0.2) is 0 Å². The number of rotatable bonds is 5. The van der Waals surface area contributed by atoms with Gasteiger partial charge in [-0.1, -0.05) is 29.8 Å². The number of para-hydroxylation sites is 1. The van der Waals surface area contributed by atoms with Crippen molar-refractivity contribution in [2.45, 2.75) is 13.1 Å². The van der Waals surface area contributed by atoms with Crippen LogP contribution >= 0.6 is 11.6 Å². The van der Waals surface area contributed by atoms with Crippen molar-refractivity contribution in [3.8, 4) is 6.07 Å². The number of fused-ring (bicyclic) bond motifs is 1. The first kappa shape index (κ1) is 20.1. The van der Waals surface area contributed by atoms with Crippen LogP contribution in [0.25, 0.3) is 0 Å². The van der Waals surface area contributed by atoms with Gasteiger partial charge in [0.25, 0.3) is 5.91 Å². The van der Waals surface area contributed by atoms with E-state index in [1.807, 2.05) is 10.6 Å². The average Bonchev–Trinajstić information content (AvgIpc) is 3.14. The molecule has 1 N–H and O–H groups in total. The number of nitrogens with one attached hydrogen (secondary N) is 1. The Hall–Kier alpha value is -3.15. The minimum Gasteiger partial charge on any atom is -0.330 e. The number of hydrogen-bond donors (Lipinski definition) is 1. The van der Waals surface area contributed by atoms with Gasteiger partial charge in [-0.05, 0) is 12.1 Å². The summed E-state index contributed by atoms with van der Waals surface area (Å²) in [6.07, 6.45) is 4.93. The van der Waals surface area contributed by atoms with Gasteiger partial charge in [0.05, 0.1) is 35.4 Å². The smallest absolute Gasteiger partial charge is 0.273 e. The van der Waals surface area contributed by atoms with Gasteiger partial charge >= 0.3 is 0 Å². The summed E-state index contributed by atoms with van der Waals surface area (Å²) in [5.74, 6) is 0.418. The maximum absolute atomic E-state index is 12.7. The summed E-state index contributed by atoms with van der Waals surface area (Å²) in [6.45, 7) is 3.53. The van der Waals surface area contributed by atoms with Crippen LogP contribution in [0.2, 0.25) is 5.02 Å². The highest BCUT2D eigenvalue weighted by molar-refractivity contribution is 6.33.